The van der Waals surface area contributed by atoms with E-state index in [1.54, 1.807) is 0 Å². The predicted molar refractivity (Wildman–Crippen MR) is 55.3 cm³/mol. The number of piperidine rings is 1. The highest BCUT2D eigenvalue weighted by Crippen LogP contribution is 2.30. The number of halogens is 1. The Labute approximate surface area is 85.9 Å². The highest BCUT2D eigenvalue weighted by molar-refractivity contribution is 5.85. The van der Waals surface area contributed by atoms with Crippen LogP contribution in [0.5, 0.6) is 0 Å². The van der Waals surface area contributed by atoms with Crippen molar-refractivity contribution in [2.75, 3.05) is 26.7 Å². The first-order valence-electron chi connectivity index (χ1n) is 4.85. The zero-order valence-corrected chi connectivity index (χ0v) is 8.94. The maximum atomic E-state index is 9.81. The topological polar surface area (TPSA) is 35.5 Å². The second kappa shape index (κ2) is 4.13. The molecule has 1 spiro atoms. The van der Waals surface area contributed by atoms with Gasteiger partial charge in [-0.3, -0.25) is 0 Å². The maximum absolute atomic E-state index is 9.81. The smallest absolute Gasteiger partial charge is 0.0734 e. The number of hydrogen-bond acceptors (Lipinski definition) is 3. The third-order valence-corrected chi connectivity index (χ3v) is 3.41. The maximum Gasteiger partial charge on any atom is 0.0734 e. The molecule has 0 aromatic carbocycles. The Balaban J connectivity index is 0.000000845. The van der Waals surface area contributed by atoms with Crippen LogP contribution in [0.4, 0.5) is 0 Å². The van der Waals surface area contributed by atoms with E-state index in [1.165, 1.54) is 0 Å². The highest BCUT2D eigenvalue weighted by Gasteiger charge is 2.42. The minimum Gasteiger partial charge on any atom is -0.391 e. The summed E-state index contributed by atoms with van der Waals surface area (Å²) >= 11 is 0. The first-order valence-corrected chi connectivity index (χ1v) is 4.85. The minimum absolute atomic E-state index is 0. The number of nitrogens with one attached hydrogen (secondary N) is 1. The fraction of sp³-hybridized carbons (Fsp3) is 1.00. The lowest BCUT2D eigenvalue weighted by Gasteiger charge is -2.40. The Bertz CT molecular complexity index is 169. The van der Waals surface area contributed by atoms with Crippen molar-refractivity contribution in [1.29, 1.82) is 0 Å². The van der Waals surface area contributed by atoms with Crippen LogP contribution in [0.3, 0.4) is 0 Å². The summed E-state index contributed by atoms with van der Waals surface area (Å²) in [4.78, 5) is 2.33. The van der Waals surface area contributed by atoms with Crippen molar-refractivity contribution in [2.45, 2.75) is 30.9 Å². The number of likely N-dealkylation sites (tertiary alicyclic amines) is 1. The summed E-state index contributed by atoms with van der Waals surface area (Å²) < 4.78 is 0. The molecule has 2 aliphatic rings. The Morgan fingerprint density at radius 3 is 2.46 bits per heavy atom. The van der Waals surface area contributed by atoms with Crippen LogP contribution in [0.15, 0.2) is 0 Å². The van der Waals surface area contributed by atoms with Crippen LogP contribution in [0.1, 0.15) is 19.3 Å². The van der Waals surface area contributed by atoms with Gasteiger partial charge in [0.1, 0.15) is 0 Å². The molecule has 4 heteroatoms. The van der Waals surface area contributed by atoms with Gasteiger partial charge in [-0.05, 0) is 45.9 Å². The van der Waals surface area contributed by atoms with E-state index in [4.69, 9.17) is 0 Å². The van der Waals surface area contributed by atoms with Gasteiger partial charge in [-0.1, -0.05) is 0 Å². The van der Waals surface area contributed by atoms with E-state index < -0.39 is 0 Å². The first kappa shape index (κ1) is 11.2. The standard InChI is InChI=1S/C9H18N2O.ClH/c1-11-6-3-9(4-7-11)8(12)2-5-10-9;/h8,10,12H,2-7H2,1H3;1H. The van der Waals surface area contributed by atoms with E-state index in [0.29, 0.717) is 0 Å². The number of rotatable bonds is 0. The van der Waals surface area contributed by atoms with Crippen LogP contribution in [-0.2, 0) is 0 Å². The highest BCUT2D eigenvalue weighted by atomic mass is 35.5. The van der Waals surface area contributed by atoms with Crippen LogP contribution < -0.4 is 5.32 Å². The van der Waals surface area contributed by atoms with E-state index in [9.17, 15) is 5.11 Å². The summed E-state index contributed by atoms with van der Waals surface area (Å²) in [5, 5.41) is 13.3. The quantitative estimate of drug-likeness (QED) is 0.596. The van der Waals surface area contributed by atoms with Crippen LogP contribution in [-0.4, -0.2) is 48.3 Å². The fourth-order valence-corrected chi connectivity index (χ4v) is 2.38. The predicted octanol–water partition coefficient (Wildman–Crippen LogP) is 0.227. The van der Waals surface area contributed by atoms with Gasteiger partial charge in [0.2, 0.25) is 0 Å². The van der Waals surface area contributed by atoms with Gasteiger partial charge in [0, 0.05) is 5.54 Å². The summed E-state index contributed by atoms with van der Waals surface area (Å²) in [5.74, 6) is 0. The molecule has 0 aliphatic carbocycles. The summed E-state index contributed by atoms with van der Waals surface area (Å²) in [7, 11) is 2.15. The van der Waals surface area contributed by atoms with Gasteiger partial charge in [-0.15, -0.1) is 12.4 Å². The van der Waals surface area contributed by atoms with Gasteiger partial charge in [-0.2, -0.15) is 0 Å². The molecule has 3 nitrogen and oxygen atoms in total. The number of hydrogen-bond donors (Lipinski definition) is 2. The fourth-order valence-electron chi connectivity index (χ4n) is 2.38. The summed E-state index contributed by atoms with van der Waals surface area (Å²) in [6.07, 6.45) is 3.03. The Kier molecular flexibility index (Phi) is 3.57. The number of aliphatic hydroxyl groups excluding tert-OH is 1. The third kappa shape index (κ3) is 1.99. The van der Waals surface area contributed by atoms with E-state index in [1.807, 2.05) is 0 Å². The summed E-state index contributed by atoms with van der Waals surface area (Å²) in [6, 6.07) is 0. The lowest BCUT2D eigenvalue weighted by atomic mass is 9.84. The largest absolute Gasteiger partial charge is 0.391 e. The summed E-state index contributed by atoms with van der Waals surface area (Å²) in [6.45, 7) is 3.22. The van der Waals surface area contributed by atoms with Gasteiger partial charge < -0.3 is 15.3 Å². The van der Waals surface area contributed by atoms with Crippen molar-refractivity contribution in [1.82, 2.24) is 10.2 Å². The van der Waals surface area contributed by atoms with Crippen LogP contribution in [0, 0.1) is 0 Å². The lowest BCUT2D eigenvalue weighted by Crippen LogP contribution is -2.54. The van der Waals surface area contributed by atoms with Crippen molar-refractivity contribution >= 4 is 12.4 Å². The molecule has 78 valence electrons. The summed E-state index contributed by atoms with van der Waals surface area (Å²) in [5.41, 5.74) is 0.0759. The van der Waals surface area contributed by atoms with Crippen molar-refractivity contribution in [3.05, 3.63) is 0 Å². The average molecular weight is 207 g/mol. The van der Waals surface area contributed by atoms with Crippen molar-refractivity contribution in [3.63, 3.8) is 0 Å². The minimum atomic E-state index is -0.105. The molecule has 1 unspecified atom stereocenters. The van der Waals surface area contributed by atoms with Gasteiger partial charge in [-0.25, -0.2) is 0 Å². The molecule has 0 aromatic heterocycles. The van der Waals surface area contributed by atoms with Crippen molar-refractivity contribution in [3.8, 4) is 0 Å². The normalized spacial score (nSPS) is 33.2. The molecule has 2 fully saturated rings. The van der Waals surface area contributed by atoms with Gasteiger partial charge in [0.15, 0.2) is 0 Å². The molecule has 1 atom stereocenters. The van der Waals surface area contributed by atoms with Crippen molar-refractivity contribution in [2.24, 2.45) is 0 Å². The molecule has 2 N–H and O–H groups in total. The second-order valence-electron chi connectivity index (χ2n) is 4.19. The lowest BCUT2D eigenvalue weighted by molar-refractivity contribution is 0.0507. The number of aliphatic hydroxyl groups is 1. The molecule has 0 saturated carbocycles. The van der Waals surface area contributed by atoms with Gasteiger partial charge >= 0.3 is 0 Å². The van der Waals surface area contributed by atoms with E-state index >= 15 is 0 Å². The van der Waals surface area contributed by atoms with E-state index in [2.05, 4.69) is 17.3 Å². The SMILES string of the molecule is CN1CCC2(CC1)NCCC2O.Cl. The number of nitrogens with zero attached hydrogens (tertiary/aromatic N) is 1. The molecule has 0 radical (unpaired) electrons. The van der Waals surface area contributed by atoms with Crippen LogP contribution >= 0.6 is 12.4 Å². The van der Waals surface area contributed by atoms with Crippen LogP contribution in [0.25, 0.3) is 0 Å². The second-order valence-corrected chi connectivity index (χ2v) is 4.19. The molecular weight excluding hydrogens is 188 g/mol. The molecule has 0 aromatic rings. The molecule has 2 saturated heterocycles. The monoisotopic (exact) mass is 206 g/mol. The molecular formula is C9H19ClN2O. The third-order valence-electron chi connectivity index (χ3n) is 3.41. The Morgan fingerprint density at radius 1 is 1.38 bits per heavy atom. The Morgan fingerprint density at radius 2 is 2.00 bits per heavy atom. The zero-order valence-electron chi connectivity index (χ0n) is 8.12. The Hall–Kier alpha value is 0.170. The first-order chi connectivity index (χ1) is 5.73. The van der Waals surface area contributed by atoms with Crippen molar-refractivity contribution < 1.29 is 5.11 Å². The average Bonchev–Trinajstić information content (AvgIpc) is 2.41. The molecule has 0 bridgehead atoms. The van der Waals surface area contributed by atoms with Gasteiger partial charge in [0.25, 0.3) is 0 Å². The molecule has 2 rings (SSSR count). The molecule has 0 amide bonds. The van der Waals surface area contributed by atoms with E-state index in [0.717, 1.165) is 38.9 Å². The van der Waals surface area contributed by atoms with Gasteiger partial charge in [0.05, 0.1) is 6.10 Å². The molecule has 2 aliphatic heterocycles. The van der Waals surface area contributed by atoms with Crippen LogP contribution in [0.2, 0.25) is 0 Å². The molecule has 13 heavy (non-hydrogen) atoms. The van der Waals surface area contributed by atoms with E-state index in [-0.39, 0.29) is 24.0 Å². The zero-order chi connectivity index (χ0) is 8.60. The molecule has 2 heterocycles.